The molecule has 0 radical (unpaired) electrons. The molecular weight excluding hydrogens is 268 g/mol. The molecule has 1 aromatic heterocycles. The van der Waals surface area contributed by atoms with Gasteiger partial charge >= 0.3 is 0 Å². The third kappa shape index (κ3) is 2.58. The second kappa shape index (κ2) is 5.88. The van der Waals surface area contributed by atoms with Crippen molar-refractivity contribution in [2.45, 2.75) is 6.42 Å². The summed E-state index contributed by atoms with van der Waals surface area (Å²) in [6.45, 7) is 0.583. The number of hydrogen-bond donors (Lipinski definition) is 0. The zero-order valence-electron chi connectivity index (χ0n) is 10.9. The fraction of sp³-hybridized carbons (Fsp3) is 0.118. The molecule has 0 amide bonds. The summed E-state index contributed by atoms with van der Waals surface area (Å²) in [6, 6.07) is 15.8. The van der Waals surface area contributed by atoms with Gasteiger partial charge in [-0.2, -0.15) is 0 Å². The molecule has 0 spiro atoms. The fourth-order valence-corrected chi connectivity index (χ4v) is 2.93. The molecule has 0 aliphatic carbocycles. The lowest BCUT2D eigenvalue weighted by Gasteiger charge is -2.10. The zero-order chi connectivity index (χ0) is 13.8. The van der Waals surface area contributed by atoms with E-state index in [4.69, 9.17) is 4.74 Å². The lowest BCUT2D eigenvalue weighted by Crippen LogP contribution is -2.02. The Kier molecular flexibility index (Phi) is 3.79. The molecule has 3 heteroatoms. The summed E-state index contributed by atoms with van der Waals surface area (Å²) in [5.41, 5.74) is 0.634. The molecule has 0 bridgehead atoms. The molecule has 1 heterocycles. The smallest absolute Gasteiger partial charge is 0.154 e. The topological polar surface area (TPSA) is 26.3 Å². The van der Waals surface area contributed by atoms with Gasteiger partial charge in [-0.25, -0.2) is 0 Å². The minimum atomic E-state index is 0.583. The van der Waals surface area contributed by atoms with Crippen molar-refractivity contribution in [2.75, 3.05) is 6.61 Å². The van der Waals surface area contributed by atoms with Gasteiger partial charge in [0.05, 0.1) is 12.2 Å². The summed E-state index contributed by atoms with van der Waals surface area (Å²) in [5.74, 6) is 0.662. The first kappa shape index (κ1) is 12.9. The van der Waals surface area contributed by atoms with Crippen LogP contribution in [0.1, 0.15) is 15.2 Å². The number of carbonyl (C=O) groups excluding carboxylic acids is 1. The molecular formula is C17H14O2S. The van der Waals surface area contributed by atoms with Gasteiger partial charge in [0.25, 0.3) is 0 Å². The van der Waals surface area contributed by atoms with Crippen molar-refractivity contribution in [3.05, 3.63) is 64.4 Å². The average molecular weight is 282 g/mol. The zero-order valence-corrected chi connectivity index (χ0v) is 11.7. The number of carbonyl (C=O) groups is 1. The van der Waals surface area contributed by atoms with E-state index in [1.165, 1.54) is 4.88 Å². The van der Waals surface area contributed by atoms with E-state index in [1.54, 1.807) is 11.3 Å². The first-order valence-corrected chi connectivity index (χ1v) is 7.38. The Morgan fingerprint density at radius 1 is 1.05 bits per heavy atom. The van der Waals surface area contributed by atoms with Crippen LogP contribution in [0, 0.1) is 0 Å². The first-order chi connectivity index (χ1) is 9.88. The van der Waals surface area contributed by atoms with E-state index >= 15 is 0 Å². The fourth-order valence-electron chi connectivity index (χ4n) is 2.24. The lowest BCUT2D eigenvalue weighted by molar-refractivity contribution is 0.112. The van der Waals surface area contributed by atoms with Gasteiger partial charge in [-0.05, 0) is 28.3 Å². The molecule has 0 saturated carbocycles. The summed E-state index contributed by atoms with van der Waals surface area (Å²) < 4.78 is 5.78. The van der Waals surface area contributed by atoms with Gasteiger partial charge in [-0.1, -0.05) is 36.4 Å². The second-order valence-electron chi connectivity index (χ2n) is 4.49. The van der Waals surface area contributed by atoms with Crippen LogP contribution in [0.3, 0.4) is 0 Å². The van der Waals surface area contributed by atoms with Gasteiger partial charge in [0, 0.05) is 11.3 Å². The number of benzene rings is 2. The van der Waals surface area contributed by atoms with E-state index < -0.39 is 0 Å². The molecule has 2 aromatic carbocycles. The van der Waals surface area contributed by atoms with E-state index in [0.29, 0.717) is 17.9 Å². The molecule has 100 valence electrons. The van der Waals surface area contributed by atoms with E-state index in [1.807, 2.05) is 42.5 Å². The Bertz CT molecular complexity index is 717. The Morgan fingerprint density at radius 2 is 1.95 bits per heavy atom. The molecule has 0 saturated heterocycles. The predicted molar refractivity (Wildman–Crippen MR) is 82.9 cm³/mol. The molecule has 20 heavy (non-hydrogen) atoms. The van der Waals surface area contributed by atoms with Crippen LogP contribution in [0.25, 0.3) is 10.8 Å². The number of fused-ring (bicyclic) bond motifs is 1. The highest BCUT2D eigenvalue weighted by Gasteiger charge is 2.07. The molecule has 0 unspecified atom stereocenters. The Morgan fingerprint density at radius 3 is 2.75 bits per heavy atom. The maximum Gasteiger partial charge on any atom is 0.154 e. The van der Waals surface area contributed by atoms with Crippen LogP contribution >= 0.6 is 11.3 Å². The van der Waals surface area contributed by atoms with Crippen molar-refractivity contribution >= 4 is 28.4 Å². The van der Waals surface area contributed by atoms with Crippen LogP contribution in [-0.2, 0) is 6.42 Å². The van der Waals surface area contributed by atoms with Crippen LogP contribution in [0.4, 0.5) is 0 Å². The van der Waals surface area contributed by atoms with Crippen molar-refractivity contribution < 1.29 is 9.53 Å². The lowest BCUT2D eigenvalue weighted by atomic mass is 10.0. The molecule has 0 N–H and O–H groups in total. The molecule has 2 nitrogen and oxygen atoms in total. The predicted octanol–water partition coefficient (Wildman–Crippen LogP) is 4.34. The monoisotopic (exact) mass is 282 g/mol. The summed E-state index contributed by atoms with van der Waals surface area (Å²) in [5, 5.41) is 4.05. The quantitative estimate of drug-likeness (QED) is 0.651. The number of aldehydes is 1. The van der Waals surface area contributed by atoms with Crippen molar-refractivity contribution in [1.82, 2.24) is 0 Å². The van der Waals surface area contributed by atoms with Crippen molar-refractivity contribution in [2.24, 2.45) is 0 Å². The first-order valence-electron chi connectivity index (χ1n) is 6.50. The van der Waals surface area contributed by atoms with Gasteiger partial charge in [0.15, 0.2) is 6.29 Å². The molecule has 3 rings (SSSR count). The standard InChI is InChI=1S/C17H14O2S/c18-12-16-15-6-2-1-4-13(15)7-8-17(16)19-10-9-14-5-3-11-20-14/h1-8,11-12H,9-10H2. The van der Waals surface area contributed by atoms with E-state index in [0.717, 1.165) is 23.5 Å². The molecule has 3 aromatic rings. The van der Waals surface area contributed by atoms with Crippen LogP contribution in [0.15, 0.2) is 53.9 Å². The van der Waals surface area contributed by atoms with E-state index in [-0.39, 0.29) is 0 Å². The number of thiophene rings is 1. The van der Waals surface area contributed by atoms with E-state index in [2.05, 4.69) is 11.4 Å². The highest BCUT2D eigenvalue weighted by Crippen LogP contribution is 2.26. The number of hydrogen-bond acceptors (Lipinski definition) is 3. The second-order valence-corrected chi connectivity index (χ2v) is 5.53. The van der Waals surface area contributed by atoms with E-state index in [9.17, 15) is 4.79 Å². The van der Waals surface area contributed by atoms with Crippen molar-refractivity contribution in [3.63, 3.8) is 0 Å². The Balaban J connectivity index is 1.82. The van der Waals surface area contributed by atoms with Gasteiger partial charge in [0.2, 0.25) is 0 Å². The normalized spacial score (nSPS) is 10.6. The Labute approximate surface area is 121 Å². The summed E-state index contributed by atoms with van der Waals surface area (Å²) in [4.78, 5) is 12.6. The maximum atomic E-state index is 11.4. The minimum absolute atomic E-state index is 0.583. The summed E-state index contributed by atoms with van der Waals surface area (Å²) in [7, 11) is 0. The Hall–Kier alpha value is -2.13. The van der Waals surface area contributed by atoms with Crippen LogP contribution in [0.5, 0.6) is 5.75 Å². The number of rotatable bonds is 5. The van der Waals surface area contributed by atoms with Gasteiger partial charge < -0.3 is 4.74 Å². The third-order valence-corrected chi connectivity index (χ3v) is 4.17. The van der Waals surface area contributed by atoms with Crippen molar-refractivity contribution in [1.29, 1.82) is 0 Å². The van der Waals surface area contributed by atoms with Crippen molar-refractivity contribution in [3.8, 4) is 5.75 Å². The maximum absolute atomic E-state index is 11.4. The van der Waals surface area contributed by atoms with Crippen LogP contribution in [-0.4, -0.2) is 12.9 Å². The highest BCUT2D eigenvalue weighted by molar-refractivity contribution is 7.09. The molecule has 0 aliphatic heterocycles. The largest absolute Gasteiger partial charge is 0.492 e. The molecule has 0 aliphatic rings. The number of ether oxygens (including phenoxy) is 1. The highest BCUT2D eigenvalue weighted by atomic mass is 32.1. The van der Waals surface area contributed by atoms with Gasteiger partial charge in [-0.3, -0.25) is 4.79 Å². The molecule has 0 fully saturated rings. The van der Waals surface area contributed by atoms with Crippen LogP contribution in [0.2, 0.25) is 0 Å². The summed E-state index contributed by atoms with van der Waals surface area (Å²) >= 11 is 1.72. The van der Waals surface area contributed by atoms with Crippen LogP contribution < -0.4 is 4.74 Å². The SMILES string of the molecule is O=Cc1c(OCCc2cccs2)ccc2ccccc12. The van der Waals surface area contributed by atoms with Gasteiger partial charge in [-0.15, -0.1) is 11.3 Å². The summed E-state index contributed by atoms with van der Waals surface area (Å²) in [6.07, 6.45) is 1.74. The average Bonchev–Trinajstić information content (AvgIpc) is 3.00. The third-order valence-electron chi connectivity index (χ3n) is 3.23. The minimum Gasteiger partial charge on any atom is -0.492 e. The van der Waals surface area contributed by atoms with Gasteiger partial charge in [0.1, 0.15) is 5.75 Å². The molecule has 0 atom stereocenters.